The van der Waals surface area contributed by atoms with E-state index in [1.165, 1.54) is 17.7 Å². The monoisotopic (exact) mass is 372 g/mol. The van der Waals surface area contributed by atoms with Crippen LogP contribution < -0.4 is 5.32 Å². The number of carbonyl (C=O) groups is 2. The van der Waals surface area contributed by atoms with Crippen molar-refractivity contribution in [2.75, 3.05) is 6.54 Å². The molecule has 1 N–H and O–H groups in total. The molecule has 2 amide bonds. The van der Waals surface area contributed by atoms with Gasteiger partial charge >= 0.3 is 0 Å². The van der Waals surface area contributed by atoms with E-state index >= 15 is 0 Å². The smallest absolute Gasteiger partial charge is 0.269 e. The first-order chi connectivity index (χ1) is 12.4. The summed E-state index contributed by atoms with van der Waals surface area (Å²) in [4.78, 5) is 24.5. The molecular weight excluding hydrogens is 352 g/mol. The Morgan fingerprint density at radius 3 is 2.42 bits per heavy atom. The molecule has 1 aliphatic heterocycles. The summed E-state index contributed by atoms with van der Waals surface area (Å²) in [6.07, 6.45) is 1.52. The lowest BCUT2D eigenvalue weighted by molar-refractivity contribution is -0.121. The van der Waals surface area contributed by atoms with Crippen molar-refractivity contribution in [3.05, 3.63) is 65.7 Å². The number of nitrogens with one attached hydrogen (secondary N) is 1. The third kappa shape index (κ3) is 3.62. The van der Waals surface area contributed by atoms with Crippen molar-refractivity contribution in [3.63, 3.8) is 0 Å². The molecule has 0 fully saturated rings. The van der Waals surface area contributed by atoms with Gasteiger partial charge in [-0.2, -0.15) is 0 Å². The van der Waals surface area contributed by atoms with Crippen LogP contribution in [0.25, 0.3) is 0 Å². The molecule has 0 unspecified atom stereocenters. The van der Waals surface area contributed by atoms with Crippen LogP contribution in [0, 0.1) is 0 Å². The first-order valence-electron chi connectivity index (χ1n) is 8.39. The lowest BCUT2D eigenvalue weighted by Crippen LogP contribution is -2.43. The van der Waals surface area contributed by atoms with E-state index in [1.54, 1.807) is 12.1 Å². The Kier molecular flexibility index (Phi) is 5.08. The van der Waals surface area contributed by atoms with Crippen molar-refractivity contribution in [3.8, 4) is 0 Å². The molecular formula is C19H20N2O4S. The van der Waals surface area contributed by atoms with Crippen molar-refractivity contribution in [2.45, 2.75) is 30.7 Å². The summed E-state index contributed by atoms with van der Waals surface area (Å²) >= 11 is 0. The molecule has 7 heteroatoms. The zero-order valence-corrected chi connectivity index (χ0v) is 15.2. The van der Waals surface area contributed by atoms with Gasteiger partial charge in [-0.05, 0) is 37.5 Å². The number of hydrogen-bond donors (Lipinski definition) is 1. The van der Waals surface area contributed by atoms with E-state index in [9.17, 15) is 18.0 Å². The van der Waals surface area contributed by atoms with Crippen molar-refractivity contribution >= 4 is 21.8 Å². The molecule has 136 valence electrons. The third-order valence-corrected chi connectivity index (χ3v) is 6.10. The number of fused-ring (bicyclic) bond motifs is 1. The summed E-state index contributed by atoms with van der Waals surface area (Å²) in [6.45, 7) is 1.35. The van der Waals surface area contributed by atoms with E-state index in [1.807, 2.05) is 37.3 Å². The average molecular weight is 372 g/mol. The molecule has 0 aliphatic carbocycles. The standard InChI is InChI=1S/C19H20N2O4S/c1-14(11-12-15-7-3-2-4-8-15)20-18(22)13-21-19(23)16-9-5-6-10-17(16)26(21,24)25/h2-10,14H,11-13H2,1H3,(H,20,22)/t14-/m0/s1. The second-order valence-corrected chi connectivity index (χ2v) is 8.14. The van der Waals surface area contributed by atoms with Crippen LogP contribution in [-0.4, -0.2) is 37.1 Å². The lowest BCUT2D eigenvalue weighted by atomic mass is 10.1. The van der Waals surface area contributed by atoms with Crippen LogP contribution >= 0.6 is 0 Å². The van der Waals surface area contributed by atoms with Crippen LogP contribution in [0.1, 0.15) is 29.3 Å². The van der Waals surface area contributed by atoms with Crippen molar-refractivity contribution in [2.24, 2.45) is 0 Å². The molecule has 1 aliphatic rings. The normalized spacial score (nSPS) is 16.2. The molecule has 3 rings (SSSR count). The van der Waals surface area contributed by atoms with Crippen LogP contribution in [0.2, 0.25) is 0 Å². The van der Waals surface area contributed by atoms with Gasteiger partial charge in [-0.1, -0.05) is 42.5 Å². The number of amides is 2. The summed E-state index contributed by atoms with van der Waals surface area (Å²) in [7, 11) is -3.96. The second-order valence-electron chi connectivity index (χ2n) is 6.31. The molecule has 0 saturated carbocycles. The fraction of sp³-hybridized carbons (Fsp3) is 0.263. The number of nitrogens with zero attached hydrogens (tertiary/aromatic N) is 1. The highest BCUT2D eigenvalue weighted by Crippen LogP contribution is 2.29. The van der Waals surface area contributed by atoms with Gasteiger partial charge in [-0.25, -0.2) is 12.7 Å². The Balaban J connectivity index is 1.59. The highest BCUT2D eigenvalue weighted by atomic mass is 32.2. The Labute approximate surface area is 152 Å². The minimum atomic E-state index is -3.96. The zero-order valence-electron chi connectivity index (χ0n) is 14.4. The lowest BCUT2D eigenvalue weighted by Gasteiger charge is -2.18. The first kappa shape index (κ1) is 18.1. The number of aryl methyl sites for hydroxylation is 1. The van der Waals surface area contributed by atoms with Crippen molar-refractivity contribution in [1.82, 2.24) is 9.62 Å². The predicted octanol–water partition coefficient (Wildman–Crippen LogP) is 1.97. The maximum absolute atomic E-state index is 12.5. The average Bonchev–Trinajstić information content (AvgIpc) is 2.82. The summed E-state index contributed by atoms with van der Waals surface area (Å²) in [5, 5.41) is 2.76. The topological polar surface area (TPSA) is 83.6 Å². The van der Waals surface area contributed by atoms with Gasteiger partial charge < -0.3 is 5.32 Å². The van der Waals surface area contributed by atoms with E-state index < -0.39 is 28.4 Å². The quantitative estimate of drug-likeness (QED) is 0.840. The van der Waals surface area contributed by atoms with Gasteiger partial charge in [0.15, 0.2) is 0 Å². The SMILES string of the molecule is C[C@@H](CCc1ccccc1)NC(=O)CN1C(=O)c2ccccc2S1(=O)=O. The van der Waals surface area contributed by atoms with Crippen molar-refractivity contribution in [1.29, 1.82) is 0 Å². The maximum atomic E-state index is 12.5. The van der Waals surface area contributed by atoms with Gasteiger partial charge in [0.25, 0.3) is 15.9 Å². The molecule has 0 radical (unpaired) electrons. The Hall–Kier alpha value is -2.67. The van der Waals surface area contributed by atoms with Crippen LogP contribution in [0.3, 0.4) is 0 Å². The molecule has 2 aromatic rings. The highest BCUT2D eigenvalue weighted by molar-refractivity contribution is 7.90. The van der Waals surface area contributed by atoms with Crippen LogP contribution in [0.5, 0.6) is 0 Å². The fourth-order valence-electron chi connectivity index (χ4n) is 2.94. The zero-order chi connectivity index (χ0) is 18.7. The Bertz CT molecular complexity index is 926. The third-order valence-electron chi connectivity index (χ3n) is 4.32. The van der Waals surface area contributed by atoms with Gasteiger partial charge in [0, 0.05) is 6.04 Å². The summed E-state index contributed by atoms with van der Waals surface area (Å²) in [6, 6.07) is 15.7. The van der Waals surface area contributed by atoms with Crippen molar-refractivity contribution < 1.29 is 18.0 Å². The van der Waals surface area contributed by atoms with E-state index in [4.69, 9.17) is 0 Å². The molecule has 0 saturated heterocycles. The van der Waals surface area contributed by atoms with E-state index in [0.29, 0.717) is 4.31 Å². The predicted molar refractivity (Wildman–Crippen MR) is 97.0 cm³/mol. The molecule has 0 bridgehead atoms. The minimum Gasteiger partial charge on any atom is -0.352 e. The number of sulfonamides is 1. The Morgan fingerprint density at radius 2 is 1.73 bits per heavy atom. The van der Waals surface area contributed by atoms with Crippen LogP contribution in [0.4, 0.5) is 0 Å². The van der Waals surface area contributed by atoms with Gasteiger partial charge in [0.2, 0.25) is 5.91 Å². The van der Waals surface area contributed by atoms with Crippen LogP contribution in [0.15, 0.2) is 59.5 Å². The van der Waals surface area contributed by atoms with Gasteiger partial charge in [0.1, 0.15) is 11.4 Å². The molecule has 6 nitrogen and oxygen atoms in total. The minimum absolute atomic E-state index is 0.0464. The first-order valence-corrected chi connectivity index (χ1v) is 9.83. The fourth-order valence-corrected chi connectivity index (χ4v) is 4.46. The highest BCUT2D eigenvalue weighted by Gasteiger charge is 2.41. The van der Waals surface area contributed by atoms with Gasteiger partial charge in [0.05, 0.1) is 5.56 Å². The van der Waals surface area contributed by atoms with E-state index in [-0.39, 0.29) is 16.5 Å². The number of rotatable bonds is 6. The molecule has 0 spiro atoms. The number of carbonyl (C=O) groups excluding carboxylic acids is 2. The van der Waals surface area contributed by atoms with Gasteiger partial charge in [-0.15, -0.1) is 0 Å². The molecule has 26 heavy (non-hydrogen) atoms. The van der Waals surface area contributed by atoms with E-state index in [2.05, 4.69) is 5.32 Å². The van der Waals surface area contributed by atoms with Gasteiger partial charge in [-0.3, -0.25) is 9.59 Å². The molecule has 1 heterocycles. The summed E-state index contributed by atoms with van der Waals surface area (Å²) in [5.41, 5.74) is 1.28. The van der Waals surface area contributed by atoms with Crippen LogP contribution in [-0.2, 0) is 21.2 Å². The second kappa shape index (κ2) is 7.29. The maximum Gasteiger partial charge on any atom is 0.269 e. The number of benzene rings is 2. The molecule has 0 aromatic heterocycles. The van der Waals surface area contributed by atoms with E-state index in [0.717, 1.165) is 12.8 Å². The largest absolute Gasteiger partial charge is 0.352 e. The summed E-state index contributed by atoms with van der Waals surface area (Å²) < 4.78 is 25.5. The number of hydrogen-bond acceptors (Lipinski definition) is 4. The Morgan fingerprint density at radius 1 is 1.08 bits per heavy atom. The molecule has 1 atom stereocenters. The molecule has 2 aromatic carbocycles. The summed E-state index contributed by atoms with van der Waals surface area (Å²) in [5.74, 6) is -1.15.